The Balaban J connectivity index is 2.05. The van der Waals surface area contributed by atoms with Gasteiger partial charge in [-0.1, -0.05) is 13.8 Å². The van der Waals surface area contributed by atoms with Crippen LogP contribution in [0.2, 0.25) is 0 Å². The number of likely N-dealkylation sites (tertiary alicyclic amines) is 1. The summed E-state index contributed by atoms with van der Waals surface area (Å²) in [5.41, 5.74) is 9.00. The molecule has 0 aromatic carbocycles. The Morgan fingerprint density at radius 1 is 1.38 bits per heavy atom. The smallest absolute Gasteiger partial charge is 0.242 e. The first-order valence-electron chi connectivity index (χ1n) is 8.56. The molecule has 0 radical (unpaired) electrons. The molecule has 2 amide bonds. The van der Waals surface area contributed by atoms with Gasteiger partial charge in [0.2, 0.25) is 11.8 Å². The molecule has 2 rings (SSSR count). The van der Waals surface area contributed by atoms with E-state index < -0.39 is 6.04 Å². The number of rotatable bonds is 5. The topological polar surface area (TPSA) is 93.2 Å². The van der Waals surface area contributed by atoms with Crippen LogP contribution in [0.4, 0.5) is 0 Å². The molecular formula is C17H29N5O2. The maximum atomic E-state index is 12.6. The molecule has 1 aliphatic rings. The van der Waals surface area contributed by atoms with Crippen molar-refractivity contribution in [2.45, 2.75) is 52.6 Å². The van der Waals surface area contributed by atoms with Crippen molar-refractivity contribution in [1.82, 2.24) is 20.0 Å². The average molecular weight is 335 g/mol. The zero-order valence-electron chi connectivity index (χ0n) is 15.3. The summed E-state index contributed by atoms with van der Waals surface area (Å²) in [5, 5.41) is 7.13. The van der Waals surface area contributed by atoms with Crippen LogP contribution in [0.1, 0.15) is 49.7 Å². The highest BCUT2D eigenvalue weighted by Gasteiger charge is 2.33. The molecule has 0 aliphatic carbocycles. The van der Waals surface area contributed by atoms with E-state index in [0.717, 1.165) is 29.8 Å². The van der Waals surface area contributed by atoms with Crippen molar-refractivity contribution >= 4 is 11.8 Å². The molecule has 7 heteroatoms. The second kappa shape index (κ2) is 7.34. The number of amides is 2. The summed E-state index contributed by atoms with van der Waals surface area (Å²) in [7, 11) is 1.92. The first kappa shape index (κ1) is 18.4. The summed E-state index contributed by atoms with van der Waals surface area (Å²) in [6, 6.07) is -0.545. The van der Waals surface area contributed by atoms with Gasteiger partial charge in [0.15, 0.2) is 0 Å². The average Bonchev–Trinajstić information content (AvgIpc) is 3.08. The third-order valence-corrected chi connectivity index (χ3v) is 4.91. The van der Waals surface area contributed by atoms with Crippen LogP contribution >= 0.6 is 0 Å². The summed E-state index contributed by atoms with van der Waals surface area (Å²) < 4.78 is 1.86. The van der Waals surface area contributed by atoms with Gasteiger partial charge in [-0.15, -0.1) is 0 Å². The van der Waals surface area contributed by atoms with Crippen molar-refractivity contribution in [2.24, 2.45) is 18.7 Å². The van der Waals surface area contributed by atoms with Gasteiger partial charge in [-0.05, 0) is 32.6 Å². The van der Waals surface area contributed by atoms with Gasteiger partial charge in [0.05, 0.1) is 24.3 Å². The molecule has 1 saturated heterocycles. The van der Waals surface area contributed by atoms with Gasteiger partial charge in [-0.2, -0.15) is 5.10 Å². The molecular weight excluding hydrogens is 306 g/mol. The van der Waals surface area contributed by atoms with Crippen LogP contribution in [0, 0.1) is 19.8 Å². The van der Waals surface area contributed by atoms with Gasteiger partial charge in [-0.25, -0.2) is 0 Å². The summed E-state index contributed by atoms with van der Waals surface area (Å²) in [6.07, 6.45) is 1.89. The molecule has 24 heavy (non-hydrogen) atoms. The molecule has 1 unspecified atom stereocenters. The minimum absolute atomic E-state index is 0.00584. The fourth-order valence-electron chi connectivity index (χ4n) is 3.32. The number of aryl methyl sites for hydroxylation is 2. The van der Waals surface area contributed by atoms with E-state index >= 15 is 0 Å². The minimum Gasteiger partial charge on any atom is -0.346 e. The van der Waals surface area contributed by atoms with E-state index in [2.05, 4.69) is 10.4 Å². The highest BCUT2D eigenvalue weighted by molar-refractivity contribution is 5.87. The van der Waals surface area contributed by atoms with Crippen LogP contribution in [0.3, 0.4) is 0 Å². The summed E-state index contributed by atoms with van der Waals surface area (Å²) in [5.74, 6) is -0.298. The number of hydrogen-bond acceptors (Lipinski definition) is 4. The number of nitrogens with zero attached hydrogens (tertiary/aromatic N) is 3. The van der Waals surface area contributed by atoms with Gasteiger partial charge in [0.25, 0.3) is 0 Å². The summed E-state index contributed by atoms with van der Waals surface area (Å²) in [4.78, 5) is 26.4. The quantitative estimate of drug-likeness (QED) is 0.832. The molecule has 0 saturated carbocycles. The number of carbonyl (C=O) groups excluding carboxylic acids is 2. The van der Waals surface area contributed by atoms with E-state index in [1.54, 1.807) is 0 Å². The summed E-state index contributed by atoms with van der Waals surface area (Å²) >= 11 is 0. The van der Waals surface area contributed by atoms with Gasteiger partial charge < -0.3 is 16.0 Å². The SMILES string of the molecule is Cc1nn(C)c(C)c1C1CCCN1C(=O)CNC(=O)[C@@H](N)C(C)C. The number of hydrogen-bond donors (Lipinski definition) is 2. The van der Waals surface area contributed by atoms with Crippen LogP contribution in [0.5, 0.6) is 0 Å². The lowest BCUT2D eigenvalue weighted by atomic mass is 10.0. The molecule has 2 atom stereocenters. The van der Waals surface area contributed by atoms with E-state index in [4.69, 9.17) is 5.73 Å². The Labute approximate surface area is 143 Å². The Hall–Kier alpha value is -1.89. The normalized spacial score (nSPS) is 19.0. The molecule has 134 valence electrons. The third-order valence-electron chi connectivity index (χ3n) is 4.91. The van der Waals surface area contributed by atoms with Gasteiger partial charge in [-0.3, -0.25) is 14.3 Å². The predicted molar refractivity (Wildman–Crippen MR) is 92.2 cm³/mol. The Kier molecular flexibility index (Phi) is 5.64. The number of nitrogens with one attached hydrogen (secondary N) is 1. The fraction of sp³-hybridized carbons (Fsp3) is 0.706. The van der Waals surface area contributed by atoms with Crippen LogP contribution < -0.4 is 11.1 Å². The van der Waals surface area contributed by atoms with Gasteiger partial charge in [0.1, 0.15) is 0 Å². The molecule has 0 bridgehead atoms. The molecule has 3 N–H and O–H groups in total. The monoisotopic (exact) mass is 335 g/mol. The molecule has 0 spiro atoms. The maximum Gasteiger partial charge on any atom is 0.242 e. The van der Waals surface area contributed by atoms with Gasteiger partial charge >= 0.3 is 0 Å². The minimum atomic E-state index is -0.588. The Morgan fingerprint density at radius 3 is 2.58 bits per heavy atom. The molecule has 1 aromatic rings. The maximum absolute atomic E-state index is 12.6. The van der Waals surface area contributed by atoms with Crippen LogP contribution in [-0.2, 0) is 16.6 Å². The Morgan fingerprint density at radius 2 is 2.04 bits per heavy atom. The first-order chi connectivity index (χ1) is 11.2. The zero-order valence-corrected chi connectivity index (χ0v) is 15.3. The fourth-order valence-corrected chi connectivity index (χ4v) is 3.32. The van der Waals surface area contributed by atoms with Crippen LogP contribution in [0.15, 0.2) is 0 Å². The van der Waals surface area contributed by atoms with Crippen LogP contribution in [0.25, 0.3) is 0 Å². The Bertz CT molecular complexity index is 623. The highest BCUT2D eigenvalue weighted by atomic mass is 16.2. The standard InChI is InChI=1S/C17H29N5O2/c1-10(2)16(18)17(24)19-9-14(23)22-8-6-7-13(22)15-11(3)20-21(5)12(15)4/h10,13,16H,6-9,18H2,1-5H3,(H,19,24)/t13?,16-/m0/s1. The molecule has 1 aliphatic heterocycles. The van der Waals surface area contributed by atoms with E-state index in [1.807, 2.05) is 44.3 Å². The zero-order chi connectivity index (χ0) is 18.0. The van der Waals surface area contributed by atoms with Crippen LogP contribution in [-0.4, -0.2) is 45.6 Å². The molecule has 2 heterocycles. The third kappa shape index (κ3) is 3.61. The highest BCUT2D eigenvalue weighted by Crippen LogP contribution is 2.35. The van der Waals surface area contributed by atoms with E-state index in [-0.39, 0.29) is 30.3 Å². The van der Waals surface area contributed by atoms with E-state index in [0.29, 0.717) is 6.54 Å². The molecule has 1 aromatic heterocycles. The number of carbonyl (C=O) groups is 2. The van der Waals surface area contributed by atoms with E-state index in [9.17, 15) is 9.59 Å². The number of aromatic nitrogens is 2. The van der Waals surface area contributed by atoms with E-state index in [1.165, 1.54) is 0 Å². The van der Waals surface area contributed by atoms with Crippen molar-refractivity contribution in [3.63, 3.8) is 0 Å². The van der Waals surface area contributed by atoms with Crippen molar-refractivity contribution in [1.29, 1.82) is 0 Å². The summed E-state index contributed by atoms with van der Waals surface area (Å²) in [6.45, 7) is 8.48. The van der Waals surface area contributed by atoms with Crippen molar-refractivity contribution in [3.05, 3.63) is 17.0 Å². The first-order valence-corrected chi connectivity index (χ1v) is 8.56. The molecule has 7 nitrogen and oxygen atoms in total. The predicted octanol–water partition coefficient (Wildman–Crippen LogP) is 0.800. The molecule has 1 fully saturated rings. The lowest BCUT2D eigenvalue weighted by Crippen LogP contribution is -2.47. The second-order valence-electron chi connectivity index (χ2n) is 6.94. The van der Waals surface area contributed by atoms with Crippen molar-refractivity contribution in [3.8, 4) is 0 Å². The largest absolute Gasteiger partial charge is 0.346 e. The number of nitrogens with two attached hydrogens (primary N) is 1. The lowest BCUT2D eigenvalue weighted by molar-refractivity contribution is -0.134. The van der Waals surface area contributed by atoms with Crippen molar-refractivity contribution in [2.75, 3.05) is 13.1 Å². The van der Waals surface area contributed by atoms with Crippen molar-refractivity contribution < 1.29 is 9.59 Å². The second-order valence-corrected chi connectivity index (χ2v) is 6.94. The van der Waals surface area contributed by atoms with Gasteiger partial charge in [0, 0.05) is 24.8 Å². The lowest BCUT2D eigenvalue weighted by Gasteiger charge is -2.26.